The summed E-state index contributed by atoms with van der Waals surface area (Å²) in [5, 5.41) is 0. The fourth-order valence-corrected chi connectivity index (χ4v) is 11.4. The average molecular weight is 589 g/mol. The van der Waals surface area contributed by atoms with Crippen molar-refractivity contribution in [2.45, 2.75) is 214 Å². The van der Waals surface area contributed by atoms with Gasteiger partial charge >= 0.3 is 0 Å². The second kappa shape index (κ2) is 34.9. The van der Waals surface area contributed by atoms with Crippen LogP contribution in [-0.2, 0) is 0 Å². The molecule has 39 heavy (non-hydrogen) atoms. The van der Waals surface area contributed by atoms with Crippen LogP contribution in [0.15, 0.2) is 0 Å². The Kier molecular flexibility index (Phi) is 37.5. The van der Waals surface area contributed by atoms with Crippen LogP contribution in [0.25, 0.3) is 0 Å². The molecule has 0 fully saturated rings. The summed E-state index contributed by atoms with van der Waals surface area (Å²) in [6.07, 6.45) is 49.6. The number of rotatable bonds is 33. The zero-order chi connectivity index (χ0) is 27.8. The fourth-order valence-electron chi connectivity index (χ4n) is 6.46. The molecule has 0 spiro atoms. The van der Waals surface area contributed by atoms with Crippen LogP contribution in [0.2, 0.25) is 0 Å². The van der Waals surface area contributed by atoms with Crippen molar-refractivity contribution >= 4 is 7.26 Å². The Labute approximate surface area is 257 Å². The van der Waals surface area contributed by atoms with E-state index < -0.39 is 7.26 Å². The molecule has 0 aromatic rings. The van der Waals surface area contributed by atoms with Gasteiger partial charge in [-0.3, -0.25) is 0 Å². The van der Waals surface area contributed by atoms with Crippen molar-refractivity contribution in [3.05, 3.63) is 0 Å². The van der Waals surface area contributed by atoms with Crippen LogP contribution < -0.4 is 12.4 Å². The van der Waals surface area contributed by atoms with Gasteiger partial charge in [-0.1, -0.05) is 163 Å². The van der Waals surface area contributed by atoms with E-state index >= 15 is 0 Å². The molecule has 0 aliphatic heterocycles. The highest BCUT2D eigenvalue weighted by Crippen LogP contribution is 2.61. The Morgan fingerprint density at radius 1 is 0.231 bits per heavy atom. The molecule has 0 nitrogen and oxygen atoms in total. The van der Waals surface area contributed by atoms with Gasteiger partial charge in [-0.15, -0.1) is 0 Å². The van der Waals surface area contributed by atoms with Gasteiger partial charge in [-0.05, 0) is 51.4 Å². The Bertz CT molecular complexity index is 388. The molecule has 0 N–H and O–H groups in total. The zero-order valence-electron chi connectivity index (χ0n) is 28.2. The van der Waals surface area contributed by atoms with Crippen LogP contribution >= 0.6 is 7.26 Å². The Balaban J connectivity index is 0. The van der Waals surface area contributed by atoms with Gasteiger partial charge in [-0.25, -0.2) is 0 Å². The minimum absolute atomic E-state index is 0. The summed E-state index contributed by atoms with van der Waals surface area (Å²) in [7, 11) is -0.727. The topological polar surface area (TPSA) is 0 Å². The predicted molar refractivity (Wildman–Crippen MR) is 183 cm³/mol. The number of unbranched alkanes of at least 4 members (excludes halogenated alkanes) is 25. The summed E-state index contributed by atoms with van der Waals surface area (Å²) >= 11 is 0. The van der Waals surface area contributed by atoms with Crippen LogP contribution in [0.4, 0.5) is 0 Å². The third-order valence-corrected chi connectivity index (χ3v) is 14.3. The second-order valence-corrected chi connectivity index (χ2v) is 17.5. The lowest BCUT2D eigenvalue weighted by atomic mass is 10.0. The minimum atomic E-state index is -0.727. The predicted octanol–water partition coefficient (Wildman–Crippen LogP) is 11.4. The quantitative estimate of drug-likeness (QED) is 0.0528. The first kappa shape index (κ1) is 41.9. The van der Waals surface area contributed by atoms with Gasteiger partial charge in [0.15, 0.2) is 0 Å². The molecule has 0 aliphatic rings. The molecular weight excluding hydrogens is 511 g/mol. The van der Waals surface area contributed by atoms with Crippen molar-refractivity contribution in [2.24, 2.45) is 0 Å². The molecule has 0 saturated carbocycles. The average Bonchev–Trinajstić information content (AvgIpc) is 2.93. The van der Waals surface area contributed by atoms with Crippen LogP contribution in [-0.4, -0.2) is 24.6 Å². The highest BCUT2D eigenvalue weighted by molar-refractivity contribution is 7.75. The van der Waals surface area contributed by atoms with Crippen LogP contribution in [0.3, 0.4) is 0 Å². The number of hydrogen-bond acceptors (Lipinski definition) is 0. The molecule has 0 saturated heterocycles. The van der Waals surface area contributed by atoms with Crippen LogP contribution in [0, 0.1) is 0 Å². The summed E-state index contributed by atoms with van der Waals surface area (Å²) in [6, 6.07) is 0. The van der Waals surface area contributed by atoms with Gasteiger partial charge in [0.25, 0.3) is 0 Å². The molecule has 238 valence electrons. The Morgan fingerprint density at radius 2 is 0.385 bits per heavy atom. The maximum atomic E-state index is 2.36. The lowest BCUT2D eigenvalue weighted by Gasteiger charge is -2.28. The van der Waals surface area contributed by atoms with E-state index in [1.165, 1.54) is 161 Å². The Hall–Kier alpha value is 0.720. The molecule has 0 rings (SSSR count). The van der Waals surface area contributed by atoms with E-state index in [4.69, 9.17) is 0 Å². The SMILES string of the molecule is CCCCCCCCCCCCCCCC[P+](CCCCCCC)(CCCCCCC)CCCCCCC.[Cl-]. The van der Waals surface area contributed by atoms with E-state index in [1.54, 1.807) is 50.3 Å². The largest absolute Gasteiger partial charge is 1.00 e. The molecule has 0 atom stereocenters. The summed E-state index contributed by atoms with van der Waals surface area (Å²) in [4.78, 5) is 0. The second-order valence-electron chi connectivity index (χ2n) is 13.1. The molecule has 0 radical (unpaired) electrons. The van der Waals surface area contributed by atoms with Gasteiger partial charge in [0.1, 0.15) is 0 Å². The van der Waals surface area contributed by atoms with Gasteiger partial charge in [0.2, 0.25) is 0 Å². The van der Waals surface area contributed by atoms with E-state index in [-0.39, 0.29) is 12.4 Å². The molecule has 0 aromatic heterocycles. The minimum Gasteiger partial charge on any atom is -1.00 e. The standard InChI is InChI=1S/C37H78P.ClH/c1-5-9-13-17-18-19-20-21-22-23-24-25-29-33-37-38(34-30-26-14-10-6-2,35-31-27-15-11-7-3)36-32-28-16-12-8-4;/h5-37H2,1-4H3;1H/q+1;/p-1. The number of hydrogen-bond donors (Lipinski definition) is 0. The molecule has 0 heterocycles. The van der Waals surface area contributed by atoms with Crippen molar-refractivity contribution in [3.8, 4) is 0 Å². The third-order valence-electron chi connectivity index (χ3n) is 9.19. The van der Waals surface area contributed by atoms with E-state index in [0.29, 0.717) is 0 Å². The van der Waals surface area contributed by atoms with E-state index in [1.807, 2.05) is 0 Å². The van der Waals surface area contributed by atoms with E-state index in [0.717, 1.165) is 0 Å². The summed E-state index contributed by atoms with van der Waals surface area (Å²) in [5.74, 6) is 0. The normalized spacial score (nSPS) is 11.7. The highest BCUT2D eigenvalue weighted by atomic mass is 35.5. The van der Waals surface area contributed by atoms with Crippen molar-refractivity contribution in [1.29, 1.82) is 0 Å². The molecule has 0 unspecified atom stereocenters. The summed E-state index contributed by atoms with van der Waals surface area (Å²) in [6.45, 7) is 9.40. The van der Waals surface area contributed by atoms with Crippen molar-refractivity contribution in [2.75, 3.05) is 24.6 Å². The molecule has 0 amide bonds. The summed E-state index contributed by atoms with van der Waals surface area (Å²) < 4.78 is 0. The lowest BCUT2D eigenvalue weighted by Crippen LogP contribution is -3.00. The maximum Gasteiger partial charge on any atom is 0.0594 e. The fraction of sp³-hybridized carbons (Fsp3) is 1.00. The Morgan fingerprint density at radius 3 is 0.564 bits per heavy atom. The van der Waals surface area contributed by atoms with Crippen LogP contribution in [0.1, 0.15) is 214 Å². The van der Waals surface area contributed by atoms with Crippen LogP contribution in [0.5, 0.6) is 0 Å². The van der Waals surface area contributed by atoms with Crippen molar-refractivity contribution in [1.82, 2.24) is 0 Å². The first-order chi connectivity index (χ1) is 18.7. The smallest absolute Gasteiger partial charge is 0.0594 e. The van der Waals surface area contributed by atoms with Gasteiger partial charge in [0.05, 0.1) is 24.6 Å². The number of halogens is 1. The molecule has 0 bridgehead atoms. The van der Waals surface area contributed by atoms with Gasteiger partial charge in [0, 0.05) is 7.26 Å². The lowest BCUT2D eigenvalue weighted by molar-refractivity contribution is -0.00000865. The van der Waals surface area contributed by atoms with Crippen molar-refractivity contribution in [3.63, 3.8) is 0 Å². The van der Waals surface area contributed by atoms with Gasteiger partial charge in [-0.2, -0.15) is 0 Å². The molecule has 0 aromatic carbocycles. The molecular formula is C37H78ClP. The van der Waals surface area contributed by atoms with E-state index in [9.17, 15) is 0 Å². The maximum absolute atomic E-state index is 2.36. The van der Waals surface area contributed by atoms with Gasteiger partial charge < -0.3 is 12.4 Å². The first-order valence-corrected chi connectivity index (χ1v) is 21.1. The molecule has 0 aliphatic carbocycles. The first-order valence-electron chi connectivity index (χ1n) is 18.6. The zero-order valence-corrected chi connectivity index (χ0v) is 29.8. The third kappa shape index (κ3) is 30.0. The highest BCUT2D eigenvalue weighted by Gasteiger charge is 2.34. The molecule has 2 heteroatoms. The van der Waals surface area contributed by atoms with Crippen molar-refractivity contribution < 1.29 is 12.4 Å². The summed E-state index contributed by atoms with van der Waals surface area (Å²) in [5.41, 5.74) is 0. The van der Waals surface area contributed by atoms with E-state index in [2.05, 4.69) is 27.7 Å². The monoisotopic (exact) mass is 589 g/mol.